The first-order valence-corrected chi connectivity index (χ1v) is 5.78. The molecule has 84 valence electrons. The van der Waals surface area contributed by atoms with Crippen molar-refractivity contribution in [3.8, 4) is 0 Å². The molecule has 0 aromatic rings. The van der Waals surface area contributed by atoms with Crippen LogP contribution in [0.5, 0.6) is 0 Å². The molecule has 0 aliphatic heterocycles. The lowest BCUT2D eigenvalue weighted by atomic mass is 9.89. The van der Waals surface area contributed by atoms with Crippen LogP contribution in [0.2, 0.25) is 0 Å². The van der Waals surface area contributed by atoms with Crippen LogP contribution in [0.1, 0.15) is 32.1 Å². The fourth-order valence-electron chi connectivity index (χ4n) is 2.46. The van der Waals surface area contributed by atoms with Crippen LogP contribution in [0.3, 0.4) is 0 Å². The topological polar surface area (TPSA) is 35.5 Å². The lowest BCUT2D eigenvalue weighted by Crippen LogP contribution is -2.49. The molecule has 1 aliphatic rings. The van der Waals surface area contributed by atoms with E-state index in [0.717, 1.165) is 13.0 Å². The molecule has 0 heterocycles. The highest BCUT2D eigenvalue weighted by Gasteiger charge is 2.26. The summed E-state index contributed by atoms with van der Waals surface area (Å²) in [5.74, 6) is 0. The van der Waals surface area contributed by atoms with Gasteiger partial charge in [0.15, 0.2) is 0 Å². The second-order valence-electron chi connectivity index (χ2n) is 4.30. The predicted molar refractivity (Wildman–Crippen MR) is 59.4 cm³/mol. The maximum atomic E-state index is 8.79. The summed E-state index contributed by atoms with van der Waals surface area (Å²) in [6, 6.07) is 1.31. The van der Waals surface area contributed by atoms with Crippen LogP contribution in [0.25, 0.3) is 0 Å². The maximum absolute atomic E-state index is 8.79. The standard InChI is InChI=1S/C11H24N2O/c1-12-10-6-3-4-7-11(10)13(2)8-5-9-14/h10-12,14H,3-9H2,1-2H3/t10-,11-/m0/s1. The first-order valence-electron chi connectivity index (χ1n) is 5.78. The summed E-state index contributed by atoms with van der Waals surface area (Å²) in [4.78, 5) is 2.40. The third-order valence-electron chi connectivity index (χ3n) is 3.34. The van der Waals surface area contributed by atoms with Crippen molar-refractivity contribution in [3.63, 3.8) is 0 Å². The smallest absolute Gasteiger partial charge is 0.0443 e. The van der Waals surface area contributed by atoms with E-state index in [-0.39, 0.29) is 0 Å². The first kappa shape index (κ1) is 12.0. The van der Waals surface area contributed by atoms with Gasteiger partial charge in [-0.1, -0.05) is 12.8 Å². The molecular formula is C11H24N2O. The van der Waals surface area contributed by atoms with Crippen molar-refractivity contribution in [2.75, 3.05) is 27.2 Å². The van der Waals surface area contributed by atoms with Crippen molar-refractivity contribution in [1.82, 2.24) is 10.2 Å². The van der Waals surface area contributed by atoms with Crippen LogP contribution in [-0.4, -0.2) is 49.3 Å². The van der Waals surface area contributed by atoms with Gasteiger partial charge < -0.3 is 15.3 Å². The van der Waals surface area contributed by atoms with E-state index in [4.69, 9.17) is 5.11 Å². The average molecular weight is 200 g/mol. The number of hydrogen-bond acceptors (Lipinski definition) is 3. The minimum Gasteiger partial charge on any atom is -0.396 e. The van der Waals surface area contributed by atoms with Crippen LogP contribution in [0.15, 0.2) is 0 Å². The van der Waals surface area contributed by atoms with Gasteiger partial charge in [-0.2, -0.15) is 0 Å². The van der Waals surface area contributed by atoms with Crippen molar-refractivity contribution in [1.29, 1.82) is 0 Å². The van der Waals surface area contributed by atoms with E-state index in [9.17, 15) is 0 Å². The predicted octanol–water partition coefficient (Wildman–Crippen LogP) is 0.831. The molecule has 3 nitrogen and oxygen atoms in total. The van der Waals surface area contributed by atoms with Gasteiger partial charge in [0.25, 0.3) is 0 Å². The number of nitrogens with one attached hydrogen (secondary N) is 1. The van der Waals surface area contributed by atoms with Gasteiger partial charge in [-0.15, -0.1) is 0 Å². The molecule has 1 rings (SSSR count). The monoisotopic (exact) mass is 200 g/mol. The fraction of sp³-hybridized carbons (Fsp3) is 1.00. The maximum Gasteiger partial charge on any atom is 0.0443 e. The quantitative estimate of drug-likeness (QED) is 0.690. The highest BCUT2D eigenvalue weighted by molar-refractivity contribution is 4.86. The first-order chi connectivity index (χ1) is 6.79. The molecule has 14 heavy (non-hydrogen) atoms. The molecular weight excluding hydrogens is 176 g/mol. The number of likely N-dealkylation sites (N-methyl/N-ethyl adjacent to an activating group) is 2. The minimum atomic E-state index is 0.307. The van der Waals surface area contributed by atoms with E-state index < -0.39 is 0 Å². The molecule has 0 radical (unpaired) electrons. The molecule has 0 aromatic carbocycles. The average Bonchev–Trinajstić information content (AvgIpc) is 2.25. The normalized spacial score (nSPS) is 28.3. The third kappa shape index (κ3) is 3.23. The zero-order chi connectivity index (χ0) is 10.4. The van der Waals surface area contributed by atoms with Crippen molar-refractivity contribution >= 4 is 0 Å². The van der Waals surface area contributed by atoms with Crippen LogP contribution in [0, 0.1) is 0 Å². The molecule has 1 saturated carbocycles. The minimum absolute atomic E-state index is 0.307. The zero-order valence-electron chi connectivity index (χ0n) is 9.50. The van der Waals surface area contributed by atoms with Crippen molar-refractivity contribution in [2.45, 2.75) is 44.2 Å². The second-order valence-corrected chi connectivity index (χ2v) is 4.30. The van der Waals surface area contributed by atoms with Crippen molar-refractivity contribution < 1.29 is 5.11 Å². The Morgan fingerprint density at radius 2 is 2.07 bits per heavy atom. The van der Waals surface area contributed by atoms with Gasteiger partial charge in [0, 0.05) is 25.2 Å². The van der Waals surface area contributed by atoms with Crippen LogP contribution >= 0.6 is 0 Å². The van der Waals surface area contributed by atoms with Crippen LogP contribution in [-0.2, 0) is 0 Å². The van der Waals surface area contributed by atoms with Gasteiger partial charge in [-0.05, 0) is 33.4 Å². The number of nitrogens with zero attached hydrogens (tertiary/aromatic N) is 1. The van der Waals surface area contributed by atoms with Crippen molar-refractivity contribution in [3.05, 3.63) is 0 Å². The summed E-state index contributed by atoms with van der Waals surface area (Å²) in [7, 11) is 4.23. The van der Waals surface area contributed by atoms with E-state index in [0.29, 0.717) is 18.7 Å². The van der Waals surface area contributed by atoms with Gasteiger partial charge in [0.05, 0.1) is 0 Å². The fourth-order valence-corrected chi connectivity index (χ4v) is 2.46. The molecule has 0 saturated heterocycles. The molecule has 0 amide bonds. The summed E-state index contributed by atoms with van der Waals surface area (Å²) in [6.45, 7) is 1.32. The number of aliphatic hydroxyl groups excluding tert-OH is 1. The molecule has 0 spiro atoms. The Morgan fingerprint density at radius 3 is 2.71 bits per heavy atom. The highest BCUT2D eigenvalue weighted by atomic mass is 16.3. The molecule has 3 heteroatoms. The molecule has 0 bridgehead atoms. The Morgan fingerprint density at radius 1 is 1.36 bits per heavy atom. The lowest BCUT2D eigenvalue weighted by molar-refractivity contribution is 0.142. The summed E-state index contributed by atoms with van der Waals surface area (Å²) in [5, 5.41) is 12.2. The van der Waals surface area contributed by atoms with Crippen LogP contribution < -0.4 is 5.32 Å². The van der Waals surface area contributed by atoms with E-state index in [1.165, 1.54) is 25.7 Å². The van der Waals surface area contributed by atoms with E-state index in [2.05, 4.69) is 24.3 Å². The van der Waals surface area contributed by atoms with Gasteiger partial charge >= 0.3 is 0 Å². The summed E-state index contributed by atoms with van der Waals surface area (Å²) in [6.07, 6.45) is 6.20. The van der Waals surface area contributed by atoms with Gasteiger partial charge in [-0.25, -0.2) is 0 Å². The molecule has 1 fully saturated rings. The third-order valence-corrected chi connectivity index (χ3v) is 3.34. The zero-order valence-corrected chi connectivity index (χ0v) is 9.50. The Hall–Kier alpha value is -0.120. The van der Waals surface area contributed by atoms with E-state index in [1.54, 1.807) is 0 Å². The molecule has 1 aliphatic carbocycles. The number of hydrogen-bond donors (Lipinski definition) is 2. The summed E-state index contributed by atoms with van der Waals surface area (Å²) >= 11 is 0. The van der Waals surface area contributed by atoms with Gasteiger partial charge in [-0.3, -0.25) is 0 Å². The van der Waals surface area contributed by atoms with Crippen molar-refractivity contribution in [2.24, 2.45) is 0 Å². The molecule has 2 N–H and O–H groups in total. The highest BCUT2D eigenvalue weighted by Crippen LogP contribution is 2.22. The Bertz CT molecular complexity index is 152. The van der Waals surface area contributed by atoms with Crippen LogP contribution in [0.4, 0.5) is 0 Å². The Balaban J connectivity index is 2.37. The van der Waals surface area contributed by atoms with E-state index in [1.807, 2.05) is 0 Å². The van der Waals surface area contributed by atoms with E-state index >= 15 is 0 Å². The summed E-state index contributed by atoms with van der Waals surface area (Å²) < 4.78 is 0. The molecule has 2 atom stereocenters. The summed E-state index contributed by atoms with van der Waals surface area (Å²) in [5.41, 5.74) is 0. The SMILES string of the molecule is CN[C@H]1CCCC[C@@H]1N(C)CCCO. The Labute approximate surface area is 87.5 Å². The van der Waals surface area contributed by atoms with Gasteiger partial charge in [0.2, 0.25) is 0 Å². The number of rotatable bonds is 5. The largest absolute Gasteiger partial charge is 0.396 e. The lowest BCUT2D eigenvalue weighted by Gasteiger charge is -2.37. The second kappa shape index (κ2) is 6.38. The number of aliphatic hydroxyl groups is 1. The molecule has 0 aromatic heterocycles. The Kier molecular flexibility index (Phi) is 5.45. The van der Waals surface area contributed by atoms with Gasteiger partial charge in [0.1, 0.15) is 0 Å². The molecule has 0 unspecified atom stereocenters.